The van der Waals surface area contributed by atoms with Crippen LogP contribution in [0.2, 0.25) is 0 Å². The number of esters is 4. The molecular weight excluding hydrogens is 478 g/mol. The third-order valence-electron chi connectivity index (χ3n) is 6.23. The molecule has 0 spiro atoms. The molecule has 1 aromatic carbocycles. The van der Waals surface area contributed by atoms with E-state index in [1.165, 1.54) is 12.1 Å². The van der Waals surface area contributed by atoms with Gasteiger partial charge in [0.05, 0.1) is 11.8 Å². The zero-order valence-electron chi connectivity index (χ0n) is 23.2. The first kappa shape index (κ1) is 32.1. The van der Waals surface area contributed by atoms with E-state index >= 15 is 0 Å². The molecule has 1 rings (SSSR count). The molecule has 0 bridgehead atoms. The largest absolute Gasteiger partial charge is 0.459 e. The Bertz CT molecular complexity index is 915. The van der Waals surface area contributed by atoms with Crippen LogP contribution in [0.25, 0.3) is 0 Å². The van der Waals surface area contributed by atoms with Crippen LogP contribution in [-0.4, -0.2) is 42.1 Å². The van der Waals surface area contributed by atoms with Gasteiger partial charge in [0, 0.05) is 6.42 Å². The molecule has 2 unspecified atom stereocenters. The Morgan fingerprint density at radius 3 is 1.86 bits per heavy atom. The number of rotatable bonds is 15. The van der Waals surface area contributed by atoms with Crippen molar-refractivity contribution < 1.29 is 38.1 Å². The summed E-state index contributed by atoms with van der Waals surface area (Å²) in [5, 5.41) is 0. The van der Waals surface area contributed by atoms with Gasteiger partial charge in [-0.15, -0.1) is 0 Å². The van der Waals surface area contributed by atoms with E-state index in [0.717, 1.165) is 12.8 Å². The van der Waals surface area contributed by atoms with E-state index in [0.29, 0.717) is 24.8 Å². The molecule has 37 heavy (non-hydrogen) atoms. The fourth-order valence-electron chi connectivity index (χ4n) is 2.98. The molecule has 0 aliphatic heterocycles. The van der Waals surface area contributed by atoms with Gasteiger partial charge >= 0.3 is 23.9 Å². The van der Waals surface area contributed by atoms with Gasteiger partial charge in [-0.1, -0.05) is 47.1 Å². The minimum Gasteiger partial charge on any atom is -0.459 e. The van der Waals surface area contributed by atoms with Crippen LogP contribution in [0.3, 0.4) is 0 Å². The first-order valence-corrected chi connectivity index (χ1v) is 13.1. The summed E-state index contributed by atoms with van der Waals surface area (Å²) in [6, 6.07) is 3.69. The molecule has 0 aromatic heterocycles. The Kier molecular flexibility index (Phi) is 13.9. The number of carbonyl (C=O) groups is 4. The monoisotopic (exact) mass is 521 g/mol. The van der Waals surface area contributed by atoms with Crippen LogP contribution >= 0.6 is 0 Å². The lowest BCUT2D eigenvalue weighted by atomic mass is 10.1. The summed E-state index contributed by atoms with van der Waals surface area (Å²) in [5.74, 6) is -2.36. The maximum Gasteiger partial charge on any atom is 0.323 e. The second-order valence-electron chi connectivity index (χ2n) is 9.49. The first-order chi connectivity index (χ1) is 17.4. The Balaban J connectivity index is 2.93. The highest BCUT2D eigenvalue weighted by Crippen LogP contribution is 2.31. The number of carbonyl (C=O) groups excluding carboxylic acids is 4. The van der Waals surface area contributed by atoms with Gasteiger partial charge in [0.15, 0.2) is 11.5 Å². The van der Waals surface area contributed by atoms with E-state index in [-0.39, 0.29) is 35.7 Å². The second-order valence-corrected chi connectivity index (χ2v) is 9.49. The molecular formula is C28H43NO8. The predicted octanol–water partition coefficient (Wildman–Crippen LogP) is 4.51. The lowest BCUT2D eigenvalue weighted by molar-refractivity contribution is -0.166. The van der Waals surface area contributed by atoms with Crippen LogP contribution in [0.5, 0.6) is 11.5 Å². The van der Waals surface area contributed by atoms with Crippen LogP contribution in [0, 0.1) is 11.8 Å². The molecule has 0 saturated heterocycles. The zero-order chi connectivity index (χ0) is 28.1. The Morgan fingerprint density at radius 1 is 0.784 bits per heavy atom. The minimum absolute atomic E-state index is 0.0843. The van der Waals surface area contributed by atoms with Crippen molar-refractivity contribution in [3.63, 3.8) is 0 Å². The normalized spacial score (nSPS) is 15.0. The van der Waals surface area contributed by atoms with E-state index in [2.05, 4.69) is 0 Å². The van der Waals surface area contributed by atoms with Gasteiger partial charge in [-0.05, 0) is 57.2 Å². The quantitative estimate of drug-likeness (QED) is 0.261. The molecule has 9 nitrogen and oxygen atoms in total. The van der Waals surface area contributed by atoms with E-state index < -0.39 is 36.2 Å². The van der Waals surface area contributed by atoms with Gasteiger partial charge in [0.1, 0.15) is 18.2 Å². The molecule has 5 atom stereocenters. The van der Waals surface area contributed by atoms with Crippen LogP contribution in [0.1, 0.15) is 86.1 Å². The van der Waals surface area contributed by atoms with Crippen molar-refractivity contribution in [1.29, 1.82) is 0 Å². The van der Waals surface area contributed by atoms with E-state index in [1.54, 1.807) is 33.8 Å². The molecule has 208 valence electrons. The smallest absolute Gasteiger partial charge is 0.323 e. The van der Waals surface area contributed by atoms with Crippen LogP contribution in [-0.2, 0) is 35.1 Å². The topological polar surface area (TPSA) is 131 Å². The van der Waals surface area contributed by atoms with Crippen molar-refractivity contribution in [3.05, 3.63) is 23.8 Å². The third-order valence-corrected chi connectivity index (χ3v) is 6.23. The third kappa shape index (κ3) is 10.9. The average molecular weight is 522 g/mol. The van der Waals surface area contributed by atoms with Gasteiger partial charge in [-0.2, -0.15) is 0 Å². The minimum atomic E-state index is -1.02. The predicted molar refractivity (Wildman–Crippen MR) is 139 cm³/mol. The summed E-state index contributed by atoms with van der Waals surface area (Å²) < 4.78 is 21.7. The molecule has 0 radical (unpaired) electrons. The fourth-order valence-corrected chi connectivity index (χ4v) is 2.98. The maximum atomic E-state index is 12.6. The highest BCUT2D eigenvalue weighted by molar-refractivity contribution is 5.79. The summed E-state index contributed by atoms with van der Waals surface area (Å²) in [6.07, 6.45) is 1.90. The summed E-state index contributed by atoms with van der Waals surface area (Å²) in [5.41, 5.74) is 6.68. The Morgan fingerprint density at radius 2 is 1.32 bits per heavy atom. The molecule has 9 heteroatoms. The van der Waals surface area contributed by atoms with Crippen LogP contribution in [0.4, 0.5) is 0 Å². The Labute approximate surface area is 220 Å². The number of ether oxygens (including phenoxy) is 4. The summed E-state index contributed by atoms with van der Waals surface area (Å²) in [7, 11) is 0. The number of unbranched alkanes of at least 4 members (excludes halogenated alkanes) is 1. The van der Waals surface area contributed by atoms with Crippen molar-refractivity contribution in [2.75, 3.05) is 0 Å². The number of benzene rings is 1. The van der Waals surface area contributed by atoms with Gasteiger partial charge in [-0.25, -0.2) is 0 Å². The molecule has 0 heterocycles. The number of hydrogen-bond acceptors (Lipinski definition) is 9. The van der Waals surface area contributed by atoms with Crippen LogP contribution < -0.4 is 15.2 Å². The summed E-state index contributed by atoms with van der Waals surface area (Å²) in [6.45, 7) is 12.5. The lowest BCUT2D eigenvalue weighted by Crippen LogP contribution is -2.39. The van der Waals surface area contributed by atoms with Crippen LogP contribution in [0.15, 0.2) is 18.2 Å². The molecule has 0 saturated carbocycles. The Hall–Kier alpha value is -2.94. The molecule has 1 aromatic rings. The number of nitrogens with two attached hydrogens (primary N) is 1. The standard InChI is InChI=1S/C28H43NO8/c1-8-11-12-25(30)34-19(6)20(7)35-28(33)22(29)15-21-13-14-23(36-26(31)17(4)9-2)24(16-21)37-27(32)18(5)10-3/h13-14,16-20,22H,8-12,15,29H2,1-7H3/t17?,18?,19-,20-,22-/m0/s1. The summed E-state index contributed by atoms with van der Waals surface area (Å²) in [4.78, 5) is 49.2. The molecule has 0 fully saturated rings. The maximum absolute atomic E-state index is 12.6. The molecule has 0 aliphatic carbocycles. The molecule has 2 N–H and O–H groups in total. The van der Waals surface area contributed by atoms with Gasteiger partial charge in [-0.3, -0.25) is 19.2 Å². The van der Waals surface area contributed by atoms with Gasteiger partial charge < -0.3 is 24.7 Å². The zero-order valence-corrected chi connectivity index (χ0v) is 23.2. The van der Waals surface area contributed by atoms with E-state index in [1.807, 2.05) is 20.8 Å². The van der Waals surface area contributed by atoms with Crippen molar-refractivity contribution in [1.82, 2.24) is 0 Å². The SMILES string of the molecule is CCCCC(=O)O[C@@H](C)[C@H](C)OC(=O)[C@@H](N)Cc1ccc(OC(=O)C(C)CC)c(OC(=O)C(C)CC)c1. The highest BCUT2D eigenvalue weighted by atomic mass is 16.6. The highest BCUT2D eigenvalue weighted by Gasteiger charge is 2.25. The second kappa shape index (κ2) is 16.0. The first-order valence-electron chi connectivity index (χ1n) is 13.1. The summed E-state index contributed by atoms with van der Waals surface area (Å²) >= 11 is 0. The molecule has 0 aliphatic rings. The van der Waals surface area contributed by atoms with E-state index in [4.69, 9.17) is 24.7 Å². The van der Waals surface area contributed by atoms with Crippen molar-refractivity contribution in [2.45, 2.75) is 105 Å². The molecule has 0 amide bonds. The van der Waals surface area contributed by atoms with Crippen molar-refractivity contribution in [3.8, 4) is 11.5 Å². The number of hydrogen-bond donors (Lipinski definition) is 1. The van der Waals surface area contributed by atoms with Crippen molar-refractivity contribution in [2.24, 2.45) is 17.6 Å². The lowest BCUT2D eigenvalue weighted by Gasteiger charge is -2.22. The van der Waals surface area contributed by atoms with E-state index in [9.17, 15) is 19.2 Å². The van der Waals surface area contributed by atoms with Gasteiger partial charge in [0.2, 0.25) is 0 Å². The average Bonchev–Trinajstić information content (AvgIpc) is 2.87. The fraction of sp³-hybridized carbons (Fsp3) is 0.643. The van der Waals surface area contributed by atoms with Crippen molar-refractivity contribution >= 4 is 23.9 Å². The van der Waals surface area contributed by atoms with Gasteiger partial charge in [0.25, 0.3) is 0 Å².